The van der Waals surface area contributed by atoms with Gasteiger partial charge in [0, 0.05) is 0 Å². The maximum absolute atomic E-state index is 13.6. The molecule has 2 fully saturated rings. The quantitative estimate of drug-likeness (QED) is 0.603. The zero-order valence-electron chi connectivity index (χ0n) is 17.3. The molecule has 3 aromatic carbocycles. The molecule has 0 bridgehead atoms. The van der Waals surface area contributed by atoms with Crippen molar-refractivity contribution in [3.05, 3.63) is 90.0 Å². The number of rotatable bonds is 4. The minimum Gasteiger partial charge on any atom is -0.497 e. The van der Waals surface area contributed by atoms with Crippen molar-refractivity contribution in [2.75, 3.05) is 17.1 Å². The first-order chi connectivity index (χ1) is 15.1. The van der Waals surface area contributed by atoms with Crippen molar-refractivity contribution in [3.63, 3.8) is 0 Å². The molecule has 6 nitrogen and oxygen atoms in total. The first kappa shape index (κ1) is 19.3. The van der Waals surface area contributed by atoms with Gasteiger partial charge in [-0.25, -0.2) is 9.96 Å². The molecule has 2 saturated heterocycles. The molecule has 156 valence electrons. The summed E-state index contributed by atoms with van der Waals surface area (Å²) in [5, 5.41) is 1.69. The Morgan fingerprint density at radius 2 is 1.58 bits per heavy atom. The number of hydrogen-bond acceptors (Lipinski definition) is 5. The summed E-state index contributed by atoms with van der Waals surface area (Å²) in [4.78, 5) is 34.3. The molecular formula is C25H22N2O4. The van der Waals surface area contributed by atoms with E-state index in [4.69, 9.17) is 9.57 Å². The van der Waals surface area contributed by atoms with Gasteiger partial charge in [-0.2, -0.15) is 0 Å². The highest BCUT2D eigenvalue weighted by Crippen LogP contribution is 2.47. The van der Waals surface area contributed by atoms with Crippen LogP contribution >= 0.6 is 0 Å². The molecule has 2 heterocycles. The van der Waals surface area contributed by atoms with Gasteiger partial charge in [0.15, 0.2) is 6.10 Å². The van der Waals surface area contributed by atoms with Gasteiger partial charge in [-0.15, -0.1) is 0 Å². The van der Waals surface area contributed by atoms with Crippen molar-refractivity contribution in [1.29, 1.82) is 0 Å². The Labute approximate surface area is 180 Å². The fourth-order valence-electron chi connectivity index (χ4n) is 4.40. The van der Waals surface area contributed by atoms with E-state index in [-0.39, 0.29) is 11.8 Å². The zero-order valence-corrected chi connectivity index (χ0v) is 17.3. The molecule has 0 unspecified atom stereocenters. The SMILES string of the molecule is COc1cccc([C@H]2[C@H]3C(=O)N(c4cccc(C)c4)C(=O)[C@@H]3ON2c2ccccc2)c1. The molecule has 2 aliphatic heterocycles. The Bertz CT molecular complexity index is 1150. The normalized spacial score (nSPS) is 22.7. The molecule has 0 spiro atoms. The number of aryl methyl sites for hydroxylation is 1. The molecule has 2 amide bonds. The third-order valence-corrected chi connectivity index (χ3v) is 5.82. The number of methoxy groups -OCH3 is 1. The molecule has 5 rings (SSSR count). The van der Waals surface area contributed by atoms with Crippen LogP contribution < -0.4 is 14.7 Å². The van der Waals surface area contributed by atoms with Crippen LogP contribution in [-0.4, -0.2) is 25.0 Å². The van der Waals surface area contributed by atoms with E-state index in [0.29, 0.717) is 11.4 Å². The number of amides is 2. The van der Waals surface area contributed by atoms with Gasteiger partial charge in [-0.05, 0) is 54.4 Å². The van der Waals surface area contributed by atoms with E-state index in [2.05, 4.69) is 0 Å². The van der Waals surface area contributed by atoms with E-state index in [1.807, 2.05) is 79.7 Å². The predicted molar refractivity (Wildman–Crippen MR) is 117 cm³/mol. The predicted octanol–water partition coefficient (Wildman–Crippen LogP) is 4.05. The maximum Gasteiger partial charge on any atom is 0.266 e. The van der Waals surface area contributed by atoms with Crippen molar-refractivity contribution in [1.82, 2.24) is 0 Å². The van der Waals surface area contributed by atoms with Crippen molar-refractivity contribution >= 4 is 23.2 Å². The summed E-state index contributed by atoms with van der Waals surface area (Å²) >= 11 is 0. The standard InChI is InChI=1S/C25H22N2O4/c1-16-8-6-12-19(14-16)26-24(28)21-22(17-9-7-13-20(15-17)30-2)27(31-23(21)25(26)29)18-10-4-3-5-11-18/h3-15,21-23H,1-2H3/t21-,22+,23-/m1/s1. The molecule has 0 N–H and O–H groups in total. The van der Waals surface area contributed by atoms with E-state index in [9.17, 15) is 9.59 Å². The van der Waals surface area contributed by atoms with E-state index in [1.54, 1.807) is 18.2 Å². The van der Waals surface area contributed by atoms with Gasteiger partial charge in [0.05, 0.1) is 24.5 Å². The van der Waals surface area contributed by atoms with Gasteiger partial charge in [0.1, 0.15) is 11.7 Å². The summed E-state index contributed by atoms with van der Waals surface area (Å²) < 4.78 is 5.40. The van der Waals surface area contributed by atoms with Crippen LogP contribution in [0.25, 0.3) is 0 Å². The van der Waals surface area contributed by atoms with E-state index in [0.717, 1.165) is 16.8 Å². The minimum absolute atomic E-state index is 0.258. The molecule has 0 saturated carbocycles. The second-order valence-electron chi connectivity index (χ2n) is 7.79. The number of hydroxylamine groups is 1. The van der Waals surface area contributed by atoms with Gasteiger partial charge >= 0.3 is 0 Å². The zero-order chi connectivity index (χ0) is 21.5. The first-order valence-corrected chi connectivity index (χ1v) is 10.2. The molecule has 3 atom stereocenters. The number of fused-ring (bicyclic) bond motifs is 1. The smallest absolute Gasteiger partial charge is 0.266 e. The second-order valence-corrected chi connectivity index (χ2v) is 7.79. The monoisotopic (exact) mass is 414 g/mol. The molecular weight excluding hydrogens is 392 g/mol. The number of anilines is 2. The second kappa shape index (κ2) is 7.56. The Morgan fingerprint density at radius 3 is 2.32 bits per heavy atom. The topological polar surface area (TPSA) is 59.1 Å². The minimum atomic E-state index is -0.885. The summed E-state index contributed by atoms with van der Waals surface area (Å²) in [6.07, 6.45) is -0.885. The highest BCUT2D eigenvalue weighted by atomic mass is 16.7. The van der Waals surface area contributed by atoms with Crippen LogP contribution in [0.5, 0.6) is 5.75 Å². The fourth-order valence-corrected chi connectivity index (χ4v) is 4.40. The summed E-state index contributed by atoms with van der Waals surface area (Å²) in [5.41, 5.74) is 3.19. The van der Waals surface area contributed by atoms with Crippen molar-refractivity contribution < 1.29 is 19.2 Å². The van der Waals surface area contributed by atoms with Crippen molar-refractivity contribution in [2.24, 2.45) is 5.92 Å². The third kappa shape index (κ3) is 3.16. The maximum atomic E-state index is 13.6. The Kier molecular flexibility index (Phi) is 4.71. The molecule has 0 radical (unpaired) electrons. The number of ether oxygens (including phenoxy) is 1. The van der Waals surface area contributed by atoms with Crippen LogP contribution in [-0.2, 0) is 14.4 Å². The van der Waals surface area contributed by atoms with Gasteiger partial charge in [0.2, 0.25) is 5.91 Å². The lowest BCUT2D eigenvalue weighted by Crippen LogP contribution is -2.37. The molecule has 31 heavy (non-hydrogen) atoms. The van der Waals surface area contributed by atoms with E-state index in [1.165, 1.54) is 4.90 Å². The summed E-state index contributed by atoms with van der Waals surface area (Å²) in [6, 6.07) is 24.0. The van der Waals surface area contributed by atoms with Crippen molar-refractivity contribution in [2.45, 2.75) is 19.1 Å². The number of hydrogen-bond donors (Lipinski definition) is 0. The average Bonchev–Trinajstić information content (AvgIpc) is 3.30. The van der Waals surface area contributed by atoms with Gasteiger partial charge in [0.25, 0.3) is 5.91 Å². The molecule has 2 aliphatic rings. The lowest BCUT2D eigenvalue weighted by atomic mass is 9.90. The Hall–Kier alpha value is -3.64. The molecule has 0 aliphatic carbocycles. The van der Waals surface area contributed by atoms with Crippen LogP contribution in [0.3, 0.4) is 0 Å². The lowest BCUT2D eigenvalue weighted by molar-refractivity contribution is -0.126. The fraction of sp³-hybridized carbons (Fsp3) is 0.200. The number of para-hydroxylation sites is 1. The van der Waals surface area contributed by atoms with Gasteiger partial charge < -0.3 is 4.74 Å². The lowest BCUT2D eigenvalue weighted by Gasteiger charge is -2.29. The van der Waals surface area contributed by atoms with Crippen molar-refractivity contribution in [3.8, 4) is 5.75 Å². The van der Waals surface area contributed by atoms with E-state index < -0.39 is 18.1 Å². The summed E-state index contributed by atoms with van der Waals surface area (Å²) in [7, 11) is 1.60. The Balaban J connectivity index is 1.60. The molecule has 3 aromatic rings. The number of carbonyl (C=O) groups is 2. The highest BCUT2D eigenvalue weighted by Gasteiger charge is 2.60. The first-order valence-electron chi connectivity index (χ1n) is 10.2. The van der Waals surface area contributed by atoms with Crippen LogP contribution in [0.4, 0.5) is 11.4 Å². The number of benzene rings is 3. The summed E-state index contributed by atoms with van der Waals surface area (Å²) in [5.74, 6) is -0.583. The van der Waals surface area contributed by atoms with Crippen LogP contribution in [0.1, 0.15) is 17.2 Å². The van der Waals surface area contributed by atoms with Crippen LogP contribution in [0, 0.1) is 12.8 Å². The molecule has 6 heteroatoms. The highest BCUT2D eigenvalue weighted by molar-refractivity contribution is 6.23. The van der Waals surface area contributed by atoms with Crippen LogP contribution in [0.2, 0.25) is 0 Å². The number of imide groups is 1. The van der Waals surface area contributed by atoms with Crippen LogP contribution in [0.15, 0.2) is 78.9 Å². The number of carbonyl (C=O) groups excluding carboxylic acids is 2. The molecule has 0 aromatic heterocycles. The largest absolute Gasteiger partial charge is 0.497 e. The average molecular weight is 414 g/mol. The van der Waals surface area contributed by atoms with Gasteiger partial charge in [-0.1, -0.05) is 42.5 Å². The Morgan fingerprint density at radius 1 is 0.839 bits per heavy atom. The van der Waals surface area contributed by atoms with Gasteiger partial charge in [-0.3, -0.25) is 14.4 Å². The summed E-state index contributed by atoms with van der Waals surface area (Å²) in [6.45, 7) is 1.93. The third-order valence-electron chi connectivity index (χ3n) is 5.82. The number of nitrogens with zero attached hydrogens (tertiary/aromatic N) is 2. The van der Waals surface area contributed by atoms with E-state index >= 15 is 0 Å².